The van der Waals surface area contributed by atoms with Crippen LogP contribution < -0.4 is 5.73 Å². The van der Waals surface area contributed by atoms with E-state index in [4.69, 9.17) is 10.7 Å². The molecule has 23 heavy (non-hydrogen) atoms. The van der Waals surface area contributed by atoms with Crippen LogP contribution in [0.15, 0.2) is 24.5 Å². The van der Waals surface area contributed by atoms with Crippen LogP contribution in [0.25, 0.3) is 5.65 Å². The van der Waals surface area contributed by atoms with Crippen molar-refractivity contribution in [3.05, 3.63) is 30.2 Å². The molecule has 2 aliphatic rings. The first-order valence-electron chi connectivity index (χ1n) is 8.79. The van der Waals surface area contributed by atoms with Gasteiger partial charge < -0.3 is 10.1 Å². The largest absolute Gasteiger partial charge is 0.398 e. The predicted octanol–water partition coefficient (Wildman–Crippen LogP) is 3.36. The van der Waals surface area contributed by atoms with E-state index in [1.54, 1.807) is 0 Å². The minimum absolute atomic E-state index is 0.493. The summed E-state index contributed by atoms with van der Waals surface area (Å²) in [5, 5.41) is 0. The molecule has 2 aromatic rings. The number of pyridine rings is 1. The standard InChI is InChI=1S/C19H28N4/c1-18(2)8-16-9-19(3,12-18)13-22(16)7-6-15-11-23-10-14(20)4-5-17(23)21-15/h4-5,10-11,16H,6-9,12-13,20H2,1-3H3. The second kappa shape index (κ2) is 4.97. The smallest absolute Gasteiger partial charge is 0.137 e. The summed E-state index contributed by atoms with van der Waals surface area (Å²) in [5.74, 6) is 0. The second-order valence-corrected chi connectivity index (χ2v) is 8.89. The monoisotopic (exact) mass is 312 g/mol. The lowest BCUT2D eigenvalue weighted by atomic mass is 9.65. The predicted molar refractivity (Wildman–Crippen MR) is 94.4 cm³/mol. The van der Waals surface area contributed by atoms with Gasteiger partial charge >= 0.3 is 0 Å². The number of nitrogens with two attached hydrogens (primary N) is 1. The molecule has 2 atom stereocenters. The number of hydrogen-bond donors (Lipinski definition) is 1. The molecule has 1 saturated heterocycles. The fourth-order valence-electron chi connectivity index (χ4n) is 5.28. The molecule has 2 N–H and O–H groups in total. The first kappa shape index (κ1) is 15.0. The quantitative estimate of drug-likeness (QED) is 0.945. The molecular weight excluding hydrogens is 284 g/mol. The Hall–Kier alpha value is -1.55. The van der Waals surface area contributed by atoms with E-state index >= 15 is 0 Å². The van der Waals surface area contributed by atoms with Crippen molar-refractivity contribution < 1.29 is 0 Å². The molecule has 4 nitrogen and oxygen atoms in total. The molecule has 1 saturated carbocycles. The van der Waals surface area contributed by atoms with Gasteiger partial charge in [0, 0.05) is 43.6 Å². The molecule has 2 fully saturated rings. The summed E-state index contributed by atoms with van der Waals surface area (Å²) in [5.41, 5.74) is 9.79. The van der Waals surface area contributed by atoms with Crippen molar-refractivity contribution in [2.24, 2.45) is 10.8 Å². The molecule has 3 heterocycles. The molecule has 0 spiro atoms. The summed E-state index contributed by atoms with van der Waals surface area (Å²) in [6.45, 7) is 9.73. The van der Waals surface area contributed by atoms with Gasteiger partial charge in [-0.05, 0) is 42.2 Å². The van der Waals surface area contributed by atoms with Crippen molar-refractivity contribution in [2.75, 3.05) is 18.8 Å². The molecule has 4 rings (SSSR count). The van der Waals surface area contributed by atoms with Crippen molar-refractivity contribution in [3.8, 4) is 0 Å². The topological polar surface area (TPSA) is 46.6 Å². The summed E-state index contributed by atoms with van der Waals surface area (Å²) >= 11 is 0. The van der Waals surface area contributed by atoms with Gasteiger partial charge in [0.25, 0.3) is 0 Å². The summed E-state index contributed by atoms with van der Waals surface area (Å²) in [6, 6.07) is 4.67. The summed E-state index contributed by atoms with van der Waals surface area (Å²) in [6.07, 6.45) is 9.16. The number of likely N-dealkylation sites (tertiary alicyclic amines) is 1. The van der Waals surface area contributed by atoms with Crippen LogP contribution in [0.1, 0.15) is 45.7 Å². The zero-order valence-corrected chi connectivity index (χ0v) is 14.5. The number of hydrogen-bond acceptors (Lipinski definition) is 3. The zero-order valence-electron chi connectivity index (χ0n) is 14.5. The van der Waals surface area contributed by atoms with Gasteiger partial charge in [0.15, 0.2) is 0 Å². The van der Waals surface area contributed by atoms with Gasteiger partial charge in [-0.25, -0.2) is 4.98 Å². The maximum absolute atomic E-state index is 5.85. The minimum atomic E-state index is 0.493. The highest BCUT2D eigenvalue weighted by Crippen LogP contribution is 2.52. The van der Waals surface area contributed by atoms with Crippen LogP contribution in [0, 0.1) is 10.8 Å². The van der Waals surface area contributed by atoms with Crippen LogP contribution in [0.4, 0.5) is 5.69 Å². The van der Waals surface area contributed by atoms with Crippen LogP contribution in [-0.4, -0.2) is 33.4 Å². The first-order chi connectivity index (χ1) is 10.8. The first-order valence-corrected chi connectivity index (χ1v) is 8.79. The van der Waals surface area contributed by atoms with Crippen molar-refractivity contribution in [1.29, 1.82) is 0 Å². The van der Waals surface area contributed by atoms with E-state index in [-0.39, 0.29) is 0 Å². The third kappa shape index (κ3) is 2.85. The number of imidazole rings is 1. The number of nitrogen functional groups attached to an aromatic ring is 1. The van der Waals surface area contributed by atoms with E-state index in [0.29, 0.717) is 10.8 Å². The Kier molecular flexibility index (Phi) is 3.24. The normalized spacial score (nSPS) is 30.1. The number of fused-ring (bicyclic) bond motifs is 3. The van der Waals surface area contributed by atoms with E-state index in [0.717, 1.165) is 30.3 Å². The third-order valence-electron chi connectivity index (χ3n) is 5.70. The van der Waals surface area contributed by atoms with Gasteiger partial charge in [-0.3, -0.25) is 4.90 Å². The maximum atomic E-state index is 5.85. The van der Waals surface area contributed by atoms with E-state index < -0.39 is 0 Å². The van der Waals surface area contributed by atoms with Crippen molar-refractivity contribution in [1.82, 2.24) is 14.3 Å². The van der Waals surface area contributed by atoms with E-state index in [2.05, 4.69) is 31.9 Å². The average molecular weight is 312 g/mol. The number of aromatic nitrogens is 2. The Bertz CT molecular complexity index is 732. The van der Waals surface area contributed by atoms with E-state index in [1.807, 2.05) is 22.7 Å². The van der Waals surface area contributed by atoms with Gasteiger partial charge in [-0.1, -0.05) is 20.8 Å². The molecule has 0 radical (unpaired) electrons. The molecule has 1 aliphatic heterocycles. The molecular formula is C19H28N4. The average Bonchev–Trinajstić information content (AvgIpc) is 2.92. The highest BCUT2D eigenvalue weighted by molar-refractivity contribution is 5.48. The summed E-state index contributed by atoms with van der Waals surface area (Å²) < 4.78 is 2.04. The fourth-order valence-corrected chi connectivity index (χ4v) is 5.28. The SMILES string of the molecule is CC1(C)CC2CC(C)(CN2CCc2cn3cc(N)ccc3n2)C1. The minimum Gasteiger partial charge on any atom is -0.398 e. The van der Waals surface area contributed by atoms with E-state index in [1.165, 1.54) is 31.5 Å². The van der Waals surface area contributed by atoms with Crippen LogP contribution in [0.5, 0.6) is 0 Å². The molecule has 4 heteroatoms. The van der Waals surface area contributed by atoms with Gasteiger partial charge in [0.1, 0.15) is 5.65 Å². The van der Waals surface area contributed by atoms with Gasteiger partial charge in [-0.15, -0.1) is 0 Å². The van der Waals surface area contributed by atoms with Crippen LogP contribution in [0.2, 0.25) is 0 Å². The van der Waals surface area contributed by atoms with Crippen molar-refractivity contribution >= 4 is 11.3 Å². The van der Waals surface area contributed by atoms with Crippen molar-refractivity contribution in [2.45, 2.75) is 52.5 Å². The molecule has 1 aliphatic carbocycles. The van der Waals surface area contributed by atoms with Gasteiger partial charge in [-0.2, -0.15) is 0 Å². The zero-order chi connectivity index (χ0) is 16.2. The van der Waals surface area contributed by atoms with Crippen LogP contribution in [-0.2, 0) is 6.42 Å². The molecule has 124 valence electrons. The fraction of sp³-hybridized carbons (Fsp3) is 0.632. The Morgan fingerprint density at radius 3 is 2.87 bits per heavy atom. The van der Waals surface area contributed by atoms with Crippen LogP contribution >= 0.6 is 0 Å². The summed E-state index contributed by atoms with van der Waals surface area (Å²) in [4.78, 5) is 7.44. The van der Waals surface area contributed by atoms with Gasteiger partial charge in [0.2, 0.25) is 0 Å². The Labute approximate surface area is 138 Å². The lowest BCUT2D eigenvalue weighted by Crippen LogP contribution is -2.35. The van der Waals surface area contributed by atoms with Crippen LogP contribution in [0.3, 0.4) is 0 Å². The lowest BCUT2D eigenvalue weighted by Gasteiger charge is -2.39. The molecule has 2 aromatic heterocycles. The highest BCUT2D eigenvalue weighted by Gasteiger charge is 2.49. The van der Waals surface area contributed by atoms with E-state index in [9.17, 15) is 0 Å². The molecule has 2 unspecified atom stereocenters. The lowest BCUT2D eigenvalue weighted by molar-refractivity contribution is 0.127. The maximum Gasteiger partial charge on any atom is 0.137 e. The number of anilines is 1. The Morgan fingerprint density at radius 2 is 2.04 bits per heavy atom. The Morgan fingerprint density at radius 1 is 1.22 bits per heavy atom. The highest BCUT2D eigenvalue weighted by atomic mass is 15.2. The third-order valence-corrected chi connectivity index (χ3v) is 5.70. The number of nitrogens with zero attached hydrogens (tertiary/aromatic N) is 3. The van der Waals surface area contributed by atoms with Gasteiger partial charge in [0.05, 0.1) is 5.69 Å². The molecule has 0 aromatic carbocycles. The molecule has 2 bridgehead atoms. The number of rotatable bonds is 3. The molecule has 0 amide bonds. The summed E-state index contributed by atoms with van der Waals surface area (Å²) in [7, 11) is 0. The van der Waals surface area contributed by atoms with Crippen molar-refractivity contribution in [3.63, 3.8) is 0 Å². The second-order valence-electron chi connectivity index (χ2n) is 8.89. The Balaban J connectivity index is 1.46.